The number of nitrogens with one attached hydrogen (secondary N) is 1. The van der Waals surface area contributed by atoms with E-state index in [1.54, 1.807) is 23.5 Å². The molecule has 4 aromatic rings. The van der Waals surface area contributed by atoms with Crippen molar-refractivity contribution >= 4 is 22.8 Å². The number of carbonyl (C=O) groups excluding carboxylic acids is 1. The van der Waals surface area contributed by atoms with Gasteiger partial charge in [-0.2, -0.15) is 18.3 Å². The first-order valence-corrected chi connectivity index (χ1v) is 10.8. The van der Waals surface area contributed by atoms with Crippen molar-refractivity contribution in [2.75, 3.05) is 7.05 Å². The number of hydrogen-bond donors (Lipinski definition) is 2. The number of aromatic nitrogens is 4. The minimum Gasteiger partial charge on any atom is -0.475 e. The highest BCUT2D eigenvalue weighted by Gasteiger charge is 2.38. The number of hydrogen-bond acceptors (Lipinski definition) is 5. The molecule has 8 nitrogen and oxygen atoms in total. The molecule has 0 atom stereocenters. The molecular weight excluding hydrogens is 475 g/mol. The quantitative estimate of drug-likeness (QED) is 0.415. The number of aliphatic carboxylic acids is 1. The van der Waals surface area contributed by atoms with Gasteiger partial charge in [0.2, 0.25) is 0 Å². The van der Waals surface area contributed by atoms with Gasteiger partial charge in [0.15, 0.2) is 0 Å². The Labute approximate surface area is 204 Å². The van der Waals surface area contributed by atoms with Gasteiger partial charge in [-0.1, -0.05) is 11.6 Å². The summed E-state index contributed by atoms with van der Waals surface area (Å²) in [6, 6.07) is 9.96. The molecule has 1 aromatic carbocycles. The molecule has 0 saturated heterocycles. The molecule has 3 heterocycles. The summed E-state index contributed by atoms with van der Waals surface area (Å²) in [7, 11) is 1.83. The molecule has 0 aliphatic heterocycles. The zero-order valence-electron chi connectivity index (χ0n) is 20.0. The summed E-state index contributed by atoms with van der Waals surface area (Å²) in [4.78, 5) is 33.3. The third kappa shape index (κ3) is 6.04. The van der Waals surface area contributed by atoms with E-state index in [0.717, 1.165) is 44.5 Å². The molecule has 0 unspecified atom stereocenters. The predicted octanol–water partition coefficient (Wildman–Crippen LogP) is 4.85. The number of benzene rings is 1. The predicted molar refractivity (Wildman–Crippen MR) is 127 cm³/mol. The van der Waals surface area contributed by atoms with Crippen LogP contribution in [0.5, 0.6) is 0 Å². The molecule has 3 aromatic heterocycles. The number of rotatable bonds is 4. The first-order valence-electron chi connectivity index (χ1n) is 10.8. The number of H-pyrrole nitrogens is 1. The maximum atomic E-state index is 13.6. The van der Waals surface area contributed by atoms with Gasteiger partial charge in [-0.3, -0.25) is 14.9 Å². The summed E-state index contributed by atoms with van der Waals surface area (Å²) in [5, 5.41) is 14.9. The van der Waals surface area contributed by atoms with E-state index in [1.807, 2.05) is 58.2 Å². The highest BCUT2D eigenvalue weighted by Crippen LogP contribution is 2.31. The first-order chi connectivity index (χ1) is 16.9. The number of amides is 1. The van der Waals surface area contributed by atoms with Gasteiger partial charge in [0, 0.05) is 42.6 Å². The molecule has 0 spiro atoms. The molecule has 1 amide bonds. The summed E-state index contributed by atoms with van der Waals surface area (Å²) in [5.74, 6) is -2.78. The maximum Gasteiger partial charge on any atom is 0.490 e. The van der Waals surface area contributed by atoms with Crippen molar-refractivity contribution in [3.05, 3.63) is 76.9 Å². The van der Waals surface area contributed by atoms with Crippen molar-refractivity contribution in [2.45, 2.75) is 33.5 Å². The Bertz CT molecular complexity index is 1400. The van der Waals surface area contributed by atoms with E-state index >= 15 is 0 Å². The van der Waals surface area contributed by atoms with Crippen LogP contribution in [0.15, 0.2) is 48.9 Å². The number of pyridine rings is 2. The lowest BCUT2D eigenvalue weighted by molar-refractivity contribution is -0.192. The smallest absolute Gasteiger partial charge is 0.475 e. The van der Waals surface area contributed by atoms with Gasteiger partial charge >= 0.3 is 12.1 Å². The van der Waals surface area contributed by atoms with Crippen LogP contribution >= 0.6 is 0 Å². The largest absolute Gasteiger partial charge is 0.490 e. The highest BCUT2D eigenvalue weighted by molar-refractivity contribution is 6.09. The van der Waals surface area contributed by atoms with Crippen LogP contribution in [0.3, 0.4) is 0 Å². The van der Waals surface area contributed by atoms with Crippen LogP contribution in [0.25, 0.3) is 22.2 Å². The summed E-state index contributed by atoms with van der Waals surface area (Å²) < 4.78 is 31.7. The number of aromatic amines is 1. The monoisotopic (exact) mass is 499 g/mol. The lowest BCUT2D eigenvalue weighted by Crippen LogP contribution is -2.27. The summed E-state index contributed by atoms with van der Waals surface area (Å²) in [6.45, 7) is 6.44. The van der Waals surface area contributed by atoms with E-state index in [1.165, 1.54) is 0 Å². The molecule has 0 saturated carbocycles. The average Bonchev–Trinajstić information content (AvgIpc) is 3.33. The zero-order chi connectivity index (χ0) is 26.6. The van der Waals surface area contributed by atoms with Crippen molar-refractivity contribution in [1.29, 1.82) is 0 Å². The fourth-order valence-electron chi connectivity index (χ4n) is 3.65. The number of carboxylic acids is 1. The highest BCUT2D eigenvalue weighted by atomic mass is 19.4. The first kappa shape index (κ1) is 26.3. The second kappa shape index (κ2) is 10.5. The third-order valence-electron chi connectivity index (χ3n) is 5.34. The van der Waals surface area contributed by atoms with Crippen molar-refractivity contribution in [2.24, 2.45) is 0 Å². The minimum absolute atomic E-state index is 0.0280. The number of halogens is 3. The second-order valence-electron chi connectivity index (χ2n) is 8.24. The van der Waals surface area contributed by atoms with E-state index < -0.39 is 12.1 Å². The average molecular weight is 499 g/mol. The fourth-order valence-corrected chi connectivity index (χ4v) is 3.65. The number of alkyl halides is 3. The van der Waals surface area contributed by atoms with Crippen LogP contribution in [0, 0.1) is 20.8 Å². The van der Waals surface area contributed by atoms with Gasteiger partial charge in [-0.25, -0.2) is 9.78 Å². The molecule has 2 N–H and O–H groups in total. The van der Waals surface area contributed by atoms with Crippen LogP contribution < -0.4 is 0 Å². The maximum absolute atomic E-state index is 13.6. The molecule has 0 aliphatic carbocycles. The van der Waals surface area contributed by atoms with Crippen LogP contribution in [-0.4, -0.2) is 55.3 Å². The number of carbonyl (C=O) groups is 2. The number of carboxylic acid groups (broad SMARTS) is 1. The van der Waals surface area contributed by atoms with Gasteiger partial charge in [-0.15, -0.1) is 0 Å². The lowest BCUT2D eigenvalue weighted by Gasteiger charge is -2.21. The van der Waals surface area contributed by atoms with E-state index in [2.05, 4.69) is 15.2 Å². The van der Waals surface area contributed by atoms with E-state index in [9.17, 15) is 18.0 Å². The molecule has 36 heavy (non-hydrogen) atoms. The standard InChI is InChI=1S/C23H23N5O.C2HF3O2/c1-14-5-6-20-19(9-14)21(16(3)22(27-20)18-11-25-26-12-18)23(29)28(4)13-17-7-8-24-15(2)10-17;3-2(4,5)1(6)7/h5-12H,13H2,1-4H3,(H,25,26);(H,6,7). The Balaban J connectivity index is 0.000000454. The van der Waals surface area contributed by atoms with Crippen molar-refractivity contribution < 1.29 is 27.9 Å². The Morgan fingerprint density at radius 3 is 2.39 bits per heavy atom. The summed E-state index contributed by atoms with van der Waals surface area (Å²) >= 11 is 0. The topological polar surface area (TPSA) is 112 Å². The SMILES string of the molecule is Cc1ccc2nc(-c3cn[nH]c3)c(C)c(C(=O)N(C)Cc3ccnc(C)c3)c2c1.O=C(O)C(F)(F)F. The molecule has 4 rings (SSSR count). The normalized spacial score (nSPS) is 11.1. The number of fused-ring (bicyclic) bond motifs is 1. The van der Waals surface area contributed by atoms with Crippen LogP contribution in [0.2, 0.25) is 0 Å². The Hall–Kier alpha value is -4.28. The molecular formula is C25H24F3N5O3. The van der Waals surface area contributed by atoms with E-state index in [-0.39, 0.29) is 5.91 Å². The minimum atomic E-state index is -5.08. The fraction of sp³-hybridized carbons (Fsp3) is 0.240. The van der Waals surface area contributed by atoms with Crippen LogP contribution in [-0.2, 0) is 11.3 Å². The van der Waals surface area contributed by atoms with Crippen LogP contribution in [0.4, 0.5) is 13.2 Å². The zero-order valence-corrected chi connectivity index (χ0v) is 20.0. The van der Waals surface area contributed by atoms with Gasteiger partial charge < -0.3 is 10.0 Å². The molecule has 0 radical (unpaired) electrons. The molecule has 0 aliphatic rings. The molecule has 188 valence electrons. The molecule has 11 heteroatoms. The Kier molecular flexibility index (Phi) is 7.71. The lowest BCUT2D eigenvalue weighted by atomic mass is 9.97. The van der Waals surface area contributed by atoms with Gasteiger partial charge in [-0.05, 0) is 56.2 Å². The van der Waals surface area contributed by atoms with E-state index in [0.29, 0.717) is 12.1 Å². The Morgan fingerprint density at radius 1 is 1.11 bits per heavy atom. The van der Waals surface area contributed by atoms with Gasteiger partial charge in [0.05, 0.1) is 23.0 Å². The second-order valence-corrected chi connectivity index (χ2v) is 8.24. The van der Waals surface area contributed by atoms with Crippen molar-refractivity contribution in [3.8, 4) is 11.3 Å². The molecule has 0 fully saturated rings. The van der Waals surface area contributed by atoms with Gasteiger partial charge in [0.25, 0.3) is 5.91 Å². The van der Waals surface area contributed by atoms with Crippen LogP contribution in [0.1, 0.15) is 32.7 Å². The summed E-state index contributed by atoms with van der Waals surface area (Å²) in [6.07, 6.45) is 0.219. The van der Waals surface area contributed by atoms with Gasteiger partial charge in [0.1, 0.15) is 0 Å². The van der Waals surface area contributed by atoms with E-state index in [4.69, 9.17) is 14.9 Å². The number of nitrogens with zero attached hydrogens (tertiary/aromatic N) is 4. The third-order valence-corrected chi connectivity index (χ3v) is 5.34. The Morgan fingerprint density at radius 2 is 1.81 bits per heavy atom. The van der Waals surface area contributed by atoms with Crippen molar-refractivity contribution in [1.82, 2.24) is 25.1 Å². The number of aryl methyl sites for hydroxylation is 2. The molecule has 0 bridgehead atoms. The van der Waals surface area contributed by atoms with Crippen molar-refractivity contribution in [3.63, 3.8) is 0 Å². The summed E-state index contributed by atoms with van der Waals surface area (Å²) in [5.41, 5.74) is 7.06.